The average Bonchev–Trinajstić information content (AvgIpc) is 3.41. The number of pyridine rings is 1. The third-order valence-electron chi connectivity index (χ3n) is 10.7. The van der Waals surface area contributed by atoms with Gasteiger partial charge in [-0.05, 0) is 90.6 Å². The lowest BCUT2D eigenvalue weighted by atomic mass is 9.78. The van der Waals surface area contributed by atoms with Gasteiger partial charge in [0.2, 0.25) is 0 Å². The zero-order chi connectivity index (χ0) is 34.1. The van der Waals surface area contributed by atoms with Crippen molar-refractivity contribution in [1.29, 1.82) is 0 Å². The molecule has 3 heteroatoms. The third kappa shape index (κ3) is 4.69. The van der Waals surface area contributed by atoms with Crippen LogP contribution in [0.15, 0.2) is 164 Å². The van der Waals surface area contributed by atoms with Crippen LogP contribution in [0.3, 0.4) is 0 Å². The van der Waals surface area contributed by atoms with Crippen molar-refractivity contribution in [2.75, 3.05) is 0 Å². The molecule has 0 atom stereocenters. The molecular formula is C48H33N3. The summed E-state index contributed by atoms with van der Waals surface area (Å²) >= 11 is 0. The van der Waals surface area contributed by atoms with Crippen LogP contribution in [0.4, 0.5) is 0 Å². The van der Waals surface area contributed by atoms with Crippen molar-refractivity contribution in [1.82, 2.24) is 15.0 Å². The van der Waals surface area contributed by atoms with Crippen molar-refractivity contribution in [3.05, 3.63) is 175 Å². The number of rotatable bonds is 4. The smallest absolute Gasteiger partial charge is 0.160 e. The second-order valence-electron chi connectivity index (χ2n) is 14.1. The van der Waals surface area contributed by atoms with Gasteiger partial charge in [0, 0.05) is 39.9 Å². The predicted octanol–water partition coefficient (Wildman–Crippen LogP) is 12.3. The van der Waals surface area contributed by atoms with Crippen LogP contribution in [0.1, 0.15) is 25.0 Å². The fourth-order valence-corrected chi connectivity index (χ4v) is 8.24. The van der Waals surface area contributed by atoms with Crippen LogP contribution in [0.5, 0.6) is 0 Å². The van der Waals surface area contributed by atoms with E-state index >= 15 is 0 Å². The van der Waals surface area contributed by atoms with Crippen LogP contribution < -0.4 is 0 Å². The van der Waals surface area contributed by atoms with Gasteiger partial charge < -0.3 is 0 Å². The zero-order valence-corrected chi connectivity index (χ0v) is 28.4. The molecule has 0 radical (unpaired) electrons. The van der Waals surface area contributed by atoms with E-state index in [0.717, 1.165) is 44.2 Å². The Kier molecular flexibility index (Phi) is 6.53. The fourth-order valence-electron chi connectivity index (χ4n) is 8.24. The highest BCUT2D eigenvalue weighted by atomic mass is 14.9. The van der Waals surface area contributed by atoms with E-state index in [0.29, 0.717) is 5.82 Å². The van der Waals surface area contributed by atoms with E-state index in [-0.39, 0.29) is 5.41 Å². The minimum atomic E-state index is -0.160. The van der Waals surface area contributed by atoms with Crippen LogP contribution in [-0.4, -0.2) is 15.0 Å². The molecule has 0 aliphatic heterocycles. The molecular weight excluding hydrogens is 619 g/mol. The van der Waals surface area contributed by atoms with Crippen LogP contribution in [0.2, 0.25) is 0 Å². The lowest BCUT2D eigenvalue weighted by molar-refractivity contribution is 0.663. The Hall–Kier alpha value is -6.45. The standard InChI is InChI=1S/C48H33N3/c1-48(2)43-27-33-14-7-6-13-32(33)26-42(43)41-18-10-17-40(46(41)48)38-21-22-39(37-16-9-8-15-36(37)38)45-28-44(50-47(51-45)31-11-4-3-5-12-31)34-20-19-30-23-24-49-29-35(30)25-34/h3-29H,1-2H3. The molecule has 3 nitrogen and oxygen atoms in total. The van der Waals surface area contributed by atoms with E-state index in [1.165, 1.54) is 49.5 Å². The average molecular weight is 652 g/mol. The molecule has 240 valence electrons. The third-order valence-corrected chi connectivity index (χ3v) is 10.7. The van der Waals surface area contributed by atoms with E-state index in [4.69, 9.17) is 9.97 Å². The van der Waals surface area contributed by atoms with Gasteiger partial charge in [0.15, 0.2) is 5.82 Å². The van der Waals surface area contributed by atoms with Crippen LogP contribution >= 0.6 is 0 Å². The maximum Gasteiger partial charge on any atom is 0.160 e. The maximum absolute atomic E-state index is 5.23. The second-order valence-corrected chi connectivity index (χ2v) is 14.1. The Morgan fingerprint density at radius 3 is 1.94 bits per heavy atom. The largest absolute Gasteiger partial charge is 0.264 e. The SMILES string of the molecule is CC1(C)c2cc3ccccc3cc2-c2cccc(-c3ccc(-c4cc(-c5ccc6ccncc6c5)nc(-c5ccccc5)n4)c4ccccc34)c21. The molecule has 0 unspecified atom stereocenters. The first-order valence-electron chi connectivity index (χ1n) is 17.5. The fraction of sp³-hybridized carbons (Fsp3) is 0.0625. The first-order valence-corrected chi connectivity index (χ1v) is 17.5. The molecule has 9 aromatic rings. The molecule has 2 heterocycles. The molecule has 10 rings (SSSR count). The summed E-state index contributed by atoms with van der Waals surface area (Å²) < 4.78 is 0. The van der Waals surface area contributed by atoms with E-state index in [9.17, 15) is 0 Å². The van der Waals surface area contributed by atoms with Crippen molar-refractivity contribution in [2.24, 2.45) is 0 Å². The summed E-state index contributed by atoms with van der Waals surface area (Å²) in [6.45, 7) is 4.76. The van der Waals surface area contributed by atoms with Crippen LogP contribution in [-0.2, 0) is 5.41 Å². The van der Waals surface area contributed by atoms with Gasteiger partial charge >= 0.3 is 0 Å². The molecule has 0 N–H and O–H groups in total. The molecule has 7 aromatic carbocycles. The van der Waals surface area contributed by atoms with Crippen molar-refractivity contribution in [3.63, 3.8) is 0 Å². The van der Waals surface area contributed by atoms with Crippen molar-refractivity contribution in [2.45, 2.75) is 19.3 Å². The summed E-state index contributed by atoms with van der Waals surface area (Å²) in [5, 5.41) is 7.17. The Morgan fingerprint density at radius 2 is 1.12 bits per heavy atom. The first kappa shape index (κ1) is 29.5. The summed E-state index contributed by atoms with van der Waals surface area (Å²) in [7, 11) is 0. The Morgan fingerprint density at radius 1 is 0.431 bits per heavy atom. The van der Waals surface area contributed by atoms with Gasteiger partial charge in [0.25, 0.3) is 0 Å². The molecule has 51 heavy (non-hydrogen) atoms. The van der Waals surface area contributed by atoms with Gasteiger partial charge in [-0.3, -0.25) is 4.98 Å². The van der Waals surface area contributed by atoms with Gasteiger partial charge in [-0.1, -0.05) is 135 Å². The Bertz CT molecular complexity index is 2830. The molecule has 0 saturated carbocycles. The predicted molar refractivity (Wildman–Crippen MR) is 212 cm³/mol. The number of aromatic nitrogens is 3. The van der Waals surface area contributed by atoms with Crippen LogP contribution in [0, 0.1) is 0 Å². The zero-order valence-electron chi connectivity index (χ0n) is 28.4. The van der Waals surface area contributed by atoms with Gasteiger partial charge in [0.1, 0.15) is 0 Å². The highest BCUT2D eigenvalue weighted by Gasteiger charge is 2.38. The Labute approximate surface area is 297 Å². The summed E-state index contributed by atoms with van der Waals surface area (Å²) in [5.74, 6) is 0.704. The second kappa shape index (κ2) is 11.3. The molecule has 0 spiro atoms. The molecule has 2 aromatic heterocycles. The quantitative estimate of drug-likeness (QED) is 0.190. The van der Waals surface area contributed by atoms with Crippen molar-refractivity contribution >= 4 is 32.3 Å². The molecule has 1 aliphatic carbocycles. The van der Waals surface area contributed by atoms with Gasteiger partial charge in [-0.2, -0.15) is 0 Å². The van der Waals surface area contributed by atoms with E-state index in [2.05, 4.69) is 146 Å². The van der Waals surface area contributed by atoms with Gasteiger partial charge in [0.05, 0.1) is 11.4 Å². The molecule has 0 amide bonds. The van der Waals surface area contributed by atoms with Gasteiger partial charge in [-0.15, -0.1) is 0 Å². The summed E-state index contributed by atoms with van der Waals surface area (Å²) in [5.41, 5.74) is 12.7. The normalized spacial score (nSPS) is 13.1. The number of hydrogen-bond donors (Lipinski definition) is 0. The van der Waals surface area contributed by atoms with E-state index in [1.54, 1.807) is 0 Å². The first-order chi connectivity index (χ1) is 25.0. The summed E-state index contributed by atoms with van der Waals surface area (Å²) in [6, 6.07) is 54.5. The van der Waals surface area contributed by atoms with Crippen LogP contribution in [0.25, 0.3) is 88.5 Å². The lowest BCUT2D eigenvalue weighted by Crippen LogP contribution is -2.16. The minimum absolute atomic E-state index is 0.160. The molecule has 0 bridgehead atoms. The number of hydrogen-bond acceptors (Lipinski definition) is 3. The highest BCUT2D eigenvalue weighted by Crippen LogP contribution is 2.54. The minimum Gasteiger partial charge on any atom is -0.264 e. The number of fused-ring (bicyclic) bond motifs is 6. The number of benzene rings is 7. The monoisotopic (exact) mass is 651 g/mol. The maximum atomic E-state index is 5.23. The number of nitrogens with zero attached hydrogens (tertiary/aromatic N) is 3. The highest BCUT2D eigenvalue weighted by molar-refractivity contribution is 6.07. The van der Waals surface area contributed by atoms with E-state index < -0.39 is 0 Å². The summed E-state index contributed by atoms with van der Waals surface area (Å²) in [4.78, 5) is 14.7. The molecule has 0 fully saturated rings. The van der Waals surface area contributed by atoms with Gasteiger partial charge in [-0.25, -0.2) is 9.97 Å². The lowest BCUT2D eigenvalue weighted by Gasteiger charge is -2.25. The van der Waals surface area contributed by atoms with Crippen molar-refractivity contribution in [3.8, 4) is 56.2 Å². The van der Waals surface area contributed by atoms with Crippen molar-refractivity contribution < 1.29 is 0 Å². The molecule has 1 aliphatic rings. The topological polar surface area (TPSA) is 38.7 Å². The molecule has 0 saturated heterocycles. The van der Waals surface area contributed by atoms with E-state index in [1.807, 2.05) is 36.7 Å². The summed E-state index contributed by atoms with van der Waals surface area (Å²) in [6.07, 6.45) is 3.74. The Balaban J connectivity index is 1.17.